The number of rotatable bonds is 6. The maximum atomic E-state index is 12.0. The molecular formula is C24H30N2O5S. The Kier molecular flexibility index (Phi) is 8.96. The average molecular weight is 459 g/mol. The molecule has 1 aliphatic carbocycles. The molecule has 1 fully saturated rings. The molecule has 2 aliphatic rings. The van der Waals surface area contributed by atoms with Crippen molar-refractivity contribution in [1.82, 2.24) is 10.2 Å². The molecule has 0 aromatic heterocycles. The quantitative estimate of drug-likeness (QED) is 0.639. The summed E-state index contributed by atoms with van der Waals surface area (Å²) >= 11 is 1.27. The van der Waals surface area contributed by atoms with E-state index in [4.69, 9.17) is 14.6 Å². The predicted octanol–water partition coefficient (Wildman–Crippen LogP) is 3.64. The first-order chi connectivity index (χ1) is 15.5. The van der Waals surface area contributed by atoms with Gasteiger partial charge in [0.1, 0.15) is 6.61 Å². The lowest BCUT2D eigenvalue weighted by Gasteiger charge is -2.21. The minimum absolute atomic E-state index is 0.00893. The smallest absolute Gasteiger partial charge is 0.408 e. The Morgan fingerprint density at radius 1 is 1.12 bits per heavy atom. The fourth-order valence-corrected chi connectivity index (χ4v) is 4.30. The highest BCUT2D eigenvalue weighted by molar-refractivity contribution is 7.99. The second-order valence-corrected chi connectivity index (χ2v) is 8.75. The number of hydrogen-bond acceptors (Lipinski definition) is 6. The molecule has 1 atom stereocenters. The van der Waals surface area contributed by atoms with E-state index in [2.05, 4.69) is 41.5 Å². The lowest BCUT2D eigenvalue weighted by atomic mass is 9.98. The van der Waals surface area contributed by atoms with Gasteiger partial charge >= 0.3 is 12.1 Å². The molecule has 2 N–H and O–H groups in total. The number of thioether (sulfide) groups is 1. The van der Waals surface area contributed by atoms with E-state index in [9.17, 15) is 9.59 Å². The Morgan fingerprint density at radius 2 is 1.69 bits per heavy atom. The minimum Gasteiger partial charge on any atom is -0.481 e. The summed E-state index contributed by atoms with van der Waals surface area (Å²) in [5.74, 6) is -0.969. The zero-order valence-corrected chi connectivity index (χ0v) is 19.3. The van der Waals surface area contributed by atoms with E-state index in [0.717, 1.165) is 37.4 Å². The van der Waals surface area contributed by atoms with Crippen LogP contribution in [0.2, 0.25) is 0 Å². The molecule has 1 unspecified atom stereocenters. The monoisotopic (exact) mass is 458 g/mol. The van der Waals surface area contributed by atoms with Gasteiger partial charge in [-0.25, -0.2) is 4.79 Å². The third kappa shape index (κ3) is 6.48. The van der Waals surface area contributed by atoms with Crippen LogP contribution in [-0.2, 0) is 14.3 Å². The molecular weight excluding hydrogens is 428 g/mol. The summed E-state index contributed by atoms with van der Waals surface area (Å²) in [6.45, 7) is 4.24. The molecule has 4 rings (SSSR count). The third-order valence-electron chi connectivity index (χ3n) is 5.50. The first-order valence-corrected chi connectivity index (χ1v) is 11.9. The van der Waals surface area contributed by atoms with Gasteiger partial charge in [0.2, 0.25) is 0 Å². The fourth-order valence-electron chi connectivity index (χ4n) is 3.78. The van der Waals surface area contributed by atoms with Gasteiger partial charge in [0, 0.05) is 19.0 Å². The molecule has 1 amide bonds. The van der Waals surface area contributed by atoms with Crippen molar-refractivity contribution in [2.45, 2.75) is 17.7 Å². The van der Waals surface area contributed by atoms with Crippen LogP contribution in [0.25, 0.3) is 11.1 Å². The molecule has 7 nitrogen and oxygen atoms in total. The molecule has 1 aliphatic heterocycles. The van der Waals surface area contributed by atoms with Crippen LogP contribution in [0.3, 0.4) is 0 Å². The van der Waals surface area contributed by atoms with Crippen molar-refractivity contribution in [3.63, 3.8) is 0 Å². The fraction of sp³-hybridized carbons (Fsp3) is 0.417. The van der Waals surface area contributed by atoms with Crippen LogP contribution in [0.5, 0.6) is 0 Å². The molecule has 0 bridgehead atoms. The maximum Gasteiger partial charge on any atom is 0.408 e. The second kappa shape index (κ2) is 11.9. The maximum absolute atomic E-state index is 12.0. The van der Waals surface area contributed by atoms with Gasteiger partial charge < -0.3 is 24.8 Å². The summed E-state index contributed by atoms with van der Waals surface area (Å²) in [7, 11) is 2.11. The number of carbonyl (C=O) groups is 2. The summed E-state index contributed by atoms with van der Waals surface area (Å²) in [6.07, 6.45) is 1.00. The van der Waals surface area contributed by atoms with Crippen LogP contribution < -0.4 is 5.32 Å². The number of nitrogens with zero attached hydrogens (tertiary/aromatic N) is 1. The van der Waals surface area contributed by atoms with Gasteiger partial charge in [-0.3, -0.25) is 4.79 Å². The Morgan fingerprint density at radius 3 is 2.16 bits per heavy atom. The molecule has 2 aromatic carbocycles. The molecule has 1 heterocycles. The van der Waals surface area contributed by atoms with Crippen molar-refractivity contribution in [3.8, 4) is 11.1 Å². The number of aliphatic carboxylic acids is 1. The van der Waals surface area contributed by atoms with Crippen molar-refractivity contribution in [2.75, 3.05) is 46.2 Å². The molecule has 0 radical (unpaired) electrons. The van der Waals surface area contributed by atoms with Crippen molar-refractivity contribution >= 4 is 23.8 Å². The highest BCUT2D eigenvalue weighted by atomic mass is 32.2. The number of morpholine rings is 1. The number of ether oxygens (including phenoxy) is 2. The molecule has 32 heavy (non-hydrogen) atoms. The van der Waals surface area contributed by atoms with Crippen LogP contribution in [0.15, 0.2) is 48.5 Å². The van der Waals surface area contributed by atoms with Gasteiger partial charge in [-0.1, -0.05) is 48.5 Å². The Balaban J connectivity index is 0.000000352. The lowest BCUT2D eigenvalue weighted by Crippen LogP contribution is -2.35. The van der Waals surface area contributed by atoms with Crippen LogP contribution in [0, 0.1) is 0 Å². The van der Waals surface area contributed by atoms with Crippen LogP contribution in [0.1, 0.15) is 23.5 Å². The van der Waals surface area contributed by atoms with E-state index in [1.165, 1.54) is 22.9 Å². The van der Waals surface area contributed by atoms with E-state index in [1.54, 1.807) is 6.26 Å². The van der Waals surface area contributed by atoms with Gasteiger partial charge in [0.05, 0.1) is 25.0 Å². The summed E-state index contributed by atoms with van der Waals surface area (Å²) in [5, 5.41) is 10.9. The van der Waals surface area contributed by atoms with Crippen molar-refractivity contribution < 1.29 is 24.2 Å². The predicted molar refractivity (Wildman–Crippen MR) is 126 cm³/mol. The van der Waals surface area contributed by atoms with Crippen LogP contribution in [0.4, 0.5) is 4.79 Å². The van der Waals surface area contributed by atoms with Gasteiger partial charge in [0.25, 0.3) is 0 Å². The van der Waals surface area contributed by atoms with Crippen molar-refractivity contribution in [2.24, 2.45) is 0 Å². The normalized spacial score (nSPS) is 16.2. The number of carboxylic acids is 1. The molecule has 172 valence electrons. The van der Waals surface area contributed by atoms with Gasteiger partial charge in [-0.05, 0) is 35.6 Å². The SMILES string of the molecule is CN1CCOCC1.CSC(CC(=O)O)NC(=O)OCC1c2ccccc2-c2ccccc21. The molecule has 8 heteroatoms. The number of hydrogen-bond donors (Lipinski definition) is 2. The Bertz CT molecular complexity index is 871. The number of alkyl carbamates (subject to hydrolysis) is 1. The highest BCUT2D eigenvalue weighted by Gasteiger charge is 2.29. The van der Waals surface area contributed by atoms with E-state index < -0.39 is 17.4 Å². The first kappa shape index (κ1) is 24.1. The largest absolute Gasteiger partial charge is 0.481 e. The standard InChI is InChI=1S/C19H19NO4S.C5H11NO/c1-25-17(10-18(21)22)20-19(23)24-11-16-14-8-4-2-6-12(14)13-7-3-5-9-15(13)16;1-6-2-4-7-5-3-6/h2-9,16-17H,10-11H2,1H3,(H,20,23)(H,21,22);2-5H2,1H3. The highest BCUT2D eigenvalue weighted by Crippen LogP contribution is 2.44. The molecule has 1 saturated heterocycles. The number of fused-ring (bicyclic) bond motifs is 3. The first-order valence-electron chi connectivity index (χ1n) is 10.6. The Labute approximate surface area is 193 Å². The molecule has 2 aromatic rings. The number of amides is 1. The van der Waals surface area contributed by atoms with Crippen LogP contribution >= 0.6 is 11.8 Å². The van der Waals surface area contributed by atoms with E-state index in [0.29, 0.717) is 0 Å². The zero-order chi connectivity index (χ0) is 22.9. The van der Waals surface area contributed by atoms with Crippen molar-refractivity contribution in [3.05, 3.63) is 59.7 Å². The third-order valence-corrected chi connectivity index (χ3v) is 6.36. The van der Waals surface area contributed by atoms with Gasteiger partial charge in [0.15, 0.2) is 0 Å². The summed E-state index contributed by atoms with van der Waals surface area (Å²) in [6, 6.07) is 16.2. The van der Waals surface area contributed by atoms with E-state index in [-0.39, 0.29) is 18.9 Å². The number of carbonyl (C=O) groups excluding carboxylic acids is 1. The summed E-state index contributed by atoms with van der Waals surface area (Å²) < 4.78 is 10.5. The number of likely N-dealkylation sites (N-methyl/N-ethyl adjacent to an activating group) is 1. The average Bonchev–Trinajstić information content (AvgIpc) is 3.12. The van der Waals surface area contributed by atoms with Gasteiger partial charge in [-0.2, -0.15) is 0 Å². The molecule has 0 saturated carbocycles. The second-order valence-electron chi connectivity index (χ2n) is 7.71. The van der Waals surface area contributed by atoms with E-state index >= 15 is 0 Å². The van der Waals surface area contributed by atoms with Crippen LogP contribution in [-0.4, -0.2) is 73.7 Å². The van der Waals surface area contributed by atoms with Crippen molar-refractivity contribution in [1.29, 1.82) is 0 Å². The zero-order valence-electron chi connectivity index (χ0n) is 18.5. The van der Waals surface area contributed by atoms with Gasteiger partial charge in [-0.15, -0.1) is 11.8 Å². The lowest BCUT2D eigenvalue weighted by molar-refractivity contribution is -0.137. The topological polar surface area (TPSA) is 88.1 Å². The summed E-state index contributed by atoms with van der Waals surface area (Å²) in [5.41, 5.74) is 4.62. The number of nitrogens with one attached hydrogen (secondary N) is 1. The summed E-state index contributed by atoms with van der Waals surface area (Å²) in [4.78, 5) is 25.1. The number of carboxylic acid groups (broad SMARTS) is 1. The Hall–Kier alpha value is -2.55. The molecule has 0 spiro atoms. The number of benzene rings is 2. The van der Waals surface area contributed by atoms with E-state index in [1.807, 2.05) is 24.3 Å². The minimum atomic E-state index is -0.960.